The Morgan fingerprint density at radius 1 is 0.933 bits per heavy atom. The maximum absolute atomic E-state index is 12.9. The zero-order chi connectivity index (χ0) is 21.1. The molecule has 1 heterocycles. The number of para-hydroxylation sites is 2. The highest BCUT2D eigenvalue weighted by molar-refractivity contribution is 6.07. The van der Waals surface area contributed by atoms with E-state index in [4.69, 9.17) is 4.74 Å². The van der Waals surface area contributed by atoms with Gasteiger partial charge in [0.25, 0.3) is 11.8 Å². The molecular weight excluding hydrogens is 376 g/mol. The number of amides is 2. The van der Waals surface area contributed by atoms with Gasteiger partial charge in [-0.25, -0.2) is 0 Å². The number of nitrogens with one attached hydrogen (secondary N) is 1. The van der Waals surface area contributed by atoms with E-state index in [2.05, 4.69) is 11.4 Å². The molecule has 1 N–H and O–H groups in total. The Hall–Kier alpha value is -3.60. The molecule has 0 unspecified atom stereocenters. The van der Waals surface area contributed by atoms with Crippen molar-refractivity contribution in [2.75, 3.05) is 23.4 Å². The van der Waals surface area contributed by atoms with Gasteiger partial charge in [0.1, 0.15) is 5.75 Å². The number of carbonyl (C=O) groups excluding carboxylic acids is 2. The topological polar surface area (TPSA) is 58.6 Å². The third-order valence-corrected chi connectivity index (χ3v) is 5.30. The predicted molar refractivity (Wildman–Crippen MR) is 118 cm³/mol. The van der Waals surface area contributed by atoms with Crippen LogP contribution in [0.2, 0.25) is 0 Å². The van der Waals surface area contributed by atoms with Crippen molar-refractivity contribution in [3.63, 3.8) is 0 Å². The first kappa shape index (κ1) is 19.7. The van der Waals surface area contributed by atoms with Crippen molar-refractivity contribution in [1.29, 1.82) is 0 Å². The van der Waals surface area contributed by atoms with Crippen LogP contribution in [0.3, 0.4) is 0 Å². The van der Waals surface area contributed by atoms with Crippen molar-refractivity contribution in [2.24, 2.45) is 0 Å². The molecule has 0 radical (unpaired) electrons. The number of carbonyl (C=O) groups is 2. The average molecular weight is 400 g/mol. The normalized spacial score (nSPS) is 12.4. The third-order valence-electron chi connectivity index (χ3n) is 5.30. The van der Waals surface area contributed by atoms with Gasteiger partial charge in [-0.05, 0) is 67.3 Å². The van der Waals surface area contributed by atoms with Crippen LogP contribution >= 0.6 is 0 Å². The summed E-state index contributed by atoms with van der Waals surface area (Å²) in [6, 6.07) is 20.8. The number of rotatable bonds is 5. The minimum atomic E-state index is -0.245. The van der Waals surface area contributed by atoms with E-state index in [-0.39, 0.29) is 18.4 Å². The summed E-state index contributed by atoms with van der Waals surface area (Å²) in [6.45, 7) is 4.52. The van der Waals surface area contributed by atoms with Crippen molar-refractivity contribution in [2.45, 2.75) is 20.3 Å². The fourth-order valence-electron chi connectivity index (χ4n) is 3.76. The SMILES string of the molecule is Cc1cccc(C)c1OCC(=O)Nc1ccc(C(=O)N2CCc3ccccc32)cc1. The number of benzene rings is 3. The summed E-state index contributed by atoms with van der Waals surface area (Å²) in [5.41, 5.74) is 5.38. The fraction of sp³-hybridized carbons (Fsp3) is 0.200. The molecule has 0 saturated carbocycles. The highest BCUT2D eigenvalue weighted by Crippen LogP contribution is 2.29. The number of anilines is 2. The maximum atomic E-state index is 12.9. The van der Waals surface area contributed by atoms with E-state index in [1.807, 2.05) is 50.2 Å². The van der Waals surface area contributed by atoms with Gasteiger partial charge in [0.05, 0.1) is 0 Å². The number of hydrogen-bond donors (Lipinski definition) is 1. The van der Waals surface area contributed by atoms with Gasteiger partial charge in [0.15, 0.2) is 6.61 Å². The Labute approximate surface area is 176 Å². The summed E-state index contributed by atoms with van der Waals surface area (Å²) in [6.07, 6.45) is 0.871. The van der Waals surface area contributed by atoms with Crippen LogP contribution < -0.4 is 15.0 Å². The molecule has 5 nitrogen and oxygen atoms in total. The highest BCUT2D eigenvalue weighted by atomic mass is 16.5. The van der Waals surface area contributed by atoms with Crippen LogP contribution in [-0.4, -0.2) is 25.0 Å². The predicted octanol–water partition coefficient (Wildman–Crippen LogP) is 4.52. The molecular formula is C25H24N2O3. The molecule has 5 heteroatoms. The van der Waals surface area contributed by atoms with Gasteiger partial charge in [0, 0.05) is 23.5 Å². The van der Waals surface area contributed by atoms with E-state index in [1.165, 1.54) is 5.56 Å². The molecule has 0 fully saturated rings. The van der Waals surface area contributed by atoms with E-state index in [0.29, 0.717) is 17.8 Å². The first-order chi connectivity index (χ1) is 14.5. The van der Waals surface area contributed by atoms with E-state index in [0.717, 1.165) is 29.0 Å². The van der Waals surface area contributed by atoms with Crippen molar-refractivity contribution >= 4 is 23.2 Å². The van der Waals surface area contributed by atoms with Gasteiger partial charge in [-0.3, -0.25) is 9.59 Å². The Kier molecular flexibility index (Phi) is 5.53. The van der Waals surface area contributed by atoms with Crippen LogP contribution in [0.1, 0.15) is 27.0 Å². The molecule has 0 spiro atoms. The molecule has 4 rings (SSSR count). The zero-order valence-corrected chi connectivity index (χ0v) is 17.1. The second kappa shape index (κ2) is 8.41. The number of ether oxygens (including phenoxy) is 1. The molecule has 1 aliphatic rings. The quantitative estimate of drug-likeness (QED) is 0.685. The number of aryl methyl sites for hydroxylation is 2. The first-order valence-corrected chi connectivity index (χ1v) is 10.0. The molecule has 3 aromatic carbocycles. The monoisotopic (exact) mass is 400 g/mol. The summed E-state index contributed by atoms with van der Waals surface area (Å²) < 4.78 is 5.69. The van der Waals surface area contributed by atoms with Crippen LogP contribution in [0.5, 0.6) is 5.75 Å². The minimum Gasteiger partial charge on any atom is -0.483 e. The molecule has 0 atom stereocenters. The Morgan fingerprint density at radius 3 is 2.37 bits per heavy atom. The molecule has 152 valence electrons. The van der Waals surface area contributed by atoms with Gasteiger partial charge in [-0.1, -0.05) is 36.4 Å². The van der Waals surface area contributed by atoms with Crippen LogP contribution in [0, 0.1) is 13.8 Å². The molecule has 0 bridgehead atoms. The molecule has 1 aliphatic heterocycles. The van der Waals surface area contributed by atoms with E-state index in [1.54, 1.807) is 29.2 Å². The second-order valence-corrected chi connectivity index (χ2v) is 7.47. The summed E-state index contributed by atoms with van der Waals surface area (Å²) >= 11 is 0. The van der Waals surface area contributed by atoms with Crippen LogP contribution in [-0.2, 0) is 11.2 Å². The molecule has 0 aliphatic carbocycles. The van der Waals surface area contributed by atoms with Gasteiger partial charge in [-0.2, -0.15) is 0 Å². The molecule has 30 heavy (non-hydrogen) atoms. The third kappa shape index (κ3) is 4.06. The standard InChI is InChI=1S/C25H24N2O3/c1-17-6-5-7-18(2)24(17)30-16-23(28)26-21-12-10-20(11-13-21)25(29)27-15-14-19-8-3-4-9-22(19)27/h3-13H,14-16H2,1-2H3,(H,26,28). The Balaban J connectivity index is 1.37. The van der Waals surface area contributed by atoms with E-state index in [9.17, 15) is 9.59 Å². The summed E-state index contributed by atoms with van der Waals surface area (Å²) in [4.78, 5) is 27.0. The lowest BCUT2D eigenvalue weighted by Crippen LogP contribution is -2.28. The lowest BCUT2D eigenvalue weighted by Gasteiger charge is -2.17. The Morgan fingerprint density at radius 2 is 1.63 bits per heavy atom. The maximum Gasteiger partial charge on any atom is 0.262 e. The zero-order valence-electron chi connectivity index (χ0n) is 17.1. The lowest BCUT2D eigenvalue weighted by atomic mass is 10.1. The first-order valence-electron chi connectivity index (χ1n) is 10.0. The highest BCUT2D eigenvalue weighted by Gasteiger charge is 2.25. The molecule has 3 aromatic rings. The number of nitrogens with zero attached hydrogens (tertiary/aromatic N) is 1. The Bertz CT molecular complexity index is 1070. The summed E-state index contributed by atoms with van der Waals surface area (Å²) in [5.74, 6) is 0.459. The van der Waals surface area contributed by atoms with Crippen LogP contribution in [0.4, 0.5) is 11.4 Å². The van der Waals surface area contributed by atoms with Crippen LogP contribution in [0.25, 0.3) is 0 Å². The summed E-state index contributed by atoms with van der Waals surface area (Å²) in [7, 11) is 0. The number of fused-ring (bicyclic) bond motifs is 1. The van der Waals surface area contributed by atoms with Crippen molar-refractivity contribution < 1.29 is 14.3 Å². The average Bonchev–Trinajstić information content (AvgIpc) is 3.17. The van der Waals surface area contributed by atoms with Crippen molar-refractivity contribution in [3.05, 3.63) is 89.0 Å². The van der Waals surface area contributed by atoms with Gasteiger partial charge >= 0.3 is 0 Å². The minimum absolute atomic E-state index is 0.0313. The molecule has 0 aromatic heterocycles. The second-order valence-electron chi connectivity index (χ2n) is 7.47. The largest absolute Gasteiger partial charge is 0.483 e. The van der Waals surface area contributed by atoms with E-state index >= 15 is 0 Å². The van der Waals surface area contributed by atoms with Crippen molar-refractivity contribution in [3.8, 4) is 5.75 Å². The van der Waals surface area contributed by atoms with Gasteiger partial charge < -0.3 is 15.0 Å². The van der Waals surface area contributed by atoms with Crippen molar-refractivity contribution in [1.82, 2.24) is 0 Å². The number of hydrogen-bond acceptors (Lipinski definition) is 3. The molecule has 2 amide bonds. The lowest BCUT2D eigenvalue weighted by molar-refractivity contribution is -0.118. The fourth-order valence-corrected chi connectivity index (χ4v) is 3.76. The van der Waals surface area contributed by atoms with Gasteiger partial charge in [0.2, 0.25) is 0 Å². The van der Waals surface area contributed by atoms with Crippen LogP contribution in [0.15, 0.2) is 66.7 Å². The summed E-state index contributed by atoms with van der Waals surface area (Å²) in [5, 5.41) is 2.81. The molecule has 0 saturated heterocycles. The van der Waals surface area contributed by atoms with Gasteiger partial charge in [-0.15, -0.1) is 0 Å². The smallest absolute Gasteiger partial charge is 0.262 e. The van der Waals surface area contributed by atoms with E-state index < -0.39 is 0 Å².